The number of Topliss-reactive ketones (excluding diaryl/α,β-unsaturated/α-hetero) is 1. The van der Waals surface area contributed by atoms with Crippen LogP contribution in [-0.4, -0.2) is 34.3 Å². The average Bonchev–Trinajstić information content (AvgIpc) is 2.42. The van der Waals surface area contributed by atoms with Gasteiger partial charge in [-0.3, -0.25) is 4.79 Å². The van der Waals surface area contributed by atoms with Crippen LogP contribution in [0.15, 0.2) is 0 Å². The maximum atomic E-state index is 12.0. The lowest BCUT2D eigenvalue weighted by Gasteiger charge is -2.26. The van der Waals surface area contributed by atoms with Crippen molar-refractivity contribution in [2.24, 2.45) is 5.92 Å². The van der Waals surface area contributed by atoms with E-state index in [2.05, 4.69) is 13.8 Å². The van der Waals surface area contributed by atoms with E-state index < -0.39 is 15.7 Å². The molecule has 4 atom stereocenters. The van der Waals surface area contributed by atoms with E-state index in [0.717, 1.165) is 19.1 Å². The van der Waals surface area contributed by atoms with Crippen LogP contribution in [0.5, 0.6) is 0 Å². The maximum Gasteiger partial charge on any atom is 0.139 e. The molecule has 20 heavy (non-hydrogen) atoms. The Morgan fingerprint density at radius 3 is 2.45 bits per heavy atom. The fraction of sp³-hybridized carbons (Fsp3) is 0.833. The zero-order valence-corrected chi connectivity index (χ0v) is 16.4. The molecule has 0 aliphatic rings. The van der Waals surface area contributed by atoms with Crippen molar-refractivity contribution in [3.8, 4) is 0 Å². The van der Waals surface area contributed by atoms with E-state index in [1.165, 1.54) is 8.88 Å². The largest absolute Gasteiger partial charge is 0.302 e. The highest BCUT2D eigenvalue weighted by Crippen LogP contribution is 2.14. The molecule has 0 aromatic rings. The van der Waals surface area contributed by atoms with Crippen LogP contribution in [-0.2, 0) is 60.1 Å². The Labute approximate surface area is 139 Å². The van der Waals surface area contributed by atoms with Gasteiger partial charge in [-0.05, 0) is 62.9 Å². The van der Waals surface area contributed by atoms with Crippen LogP contribution in [0.3, 0.4) is 0 Å². The molecule has 0 amide bonds. The Balaban J connectivity index is 4.74. The summed E-state index contributed by atoms with van der Waals surface area (Å²) >= 11 is 10.3. The van der Waals surface area contributed by atoms with Gasteiger partial charge >= 0.3 is 0 Å². The van der Waals surface area contributed by atoms with Crippen LogP contribution < -0.4 is 0 Å². The van der Waals surface area contributed by atoms with Gasteiger partial charge in [0.1, 0.15) is 12.1 Å². The first-order valence-electron chi connectivity index (χ1n) is 6.43. The molecule has 0 aliphatic carbocycles. The van der Waals surface area contributed by atoms with E-state index in [4.69, 9.17) is 22.4 Å². The van der Waals surface area contributed by atoms with Crippen molar-refractivity contribution in [2.75, 3.05) is 12.5 Å². The summed E-state index contributed by atoms with van der Waals surface area (Å²) in [5.74, 6) is 0.688. The fourth-order valence-corrected chi connectivity index (χ4v) is 7.98. The number of carbonyl (C=O) groups excluding carboxylic acids is 2. The van der Waals surface area contributed by atoms with Gasteiger partial charge in [0.15, 0.2) is 0 Å². The zero-order valence-electron chi connectivity index (χ0n) is 12.4. The molecule has 0 aliphatic heterocycles. The minimum atomic E-state index is -0.486. The summed E-state index contributed by atoms with van der Waals surface area (Å²) in [6.45, 7) is 4.26. The van der Waals surface area contributed by atoms with E-state index in [1.54, 1.807) is 0 Å². The van der Waals surface area contributed by atoms with Crippen LogP contribution in [0.1, 0.15) is 39.5 Å². The lowest BCUT2D eigenvalue weighted by atomic mass is 9.99. The molecule has 0 fully saturated rings. The summed E-state index contributed by atoms with van der Waals surface area (Å²) in [7, 11) is 0.459. The third kappa shape index (κ3) is 7.61. The van der Waals surface area contributed by atoms with Crippen molar-refractivity contribution >= 4 is 62.6 Å². The van der Waals surface area contributed by atoms with Crippen molar-refractivity contribution in [3.05, 3.63) is 0 Å². The van der Waals surface area contributed by atoms with Crippen LogP contribution in [0.4, 0.5) is 0 Å². The molecule has 0 aromatic heterocycles. The third-order valence-corrected chi connectivity index (χ3v) is 10.1. The molecule has 0 heterocycles. The molecule has 0 radical (unpaired) electrons. The summed E-state index contributed by atoms with van der Waals surface area (Å²) in [5, 5.41) is 0. The predicted octanol–water partition coefficient (Wildman–Crippen LogP) is 1.89. The summed E-state index contributed by atoms with van der Waals surface area (Å²) in [5.41, 5.74) is 0. The number of rotatable bonds is 10. The fourth-order valence-electron chi connectivity index (χ4n) is 1.68. The average molecular weight is 374 g/mol. The van der Waals surface area contributed by atoms with Crippen molar-refractivity contribution < 1.29 is 9.59 Å². The van der Waals surface area contributed by atoms with Gasteiger partial charge < -0.3 is 4.79 Å². The van der Waals surface area contributed by atoms with E-state index in [0.29, 0.717) is 12.3 Å². The first kappa shape index (κ1) is 20.7. The SMILES string of the molecule is CCC(C)CCC(=O)CC(C=O)N(S(C)=S)S(C)=S=S. The number of nitrogens with zero attached hydrogens (tertiary/aromatic N) is 1. The standard InChI is InChI=1S/C12H23NO2S5/c1-5-10(2)6-7-12(15)8-11(9-14)13(19(3)17)20(4)18-16/h9-11H,5-8H2,1-4H3. The molecule has 0 rings (SSSR count). The summed E-state index contributed by atoms with van der Waals surface area (Å²) in [6.07, 6.45) is 7.43. The van der Waals surface area contributed by atoms with Crippen molar-refractivity contribution in [3.63, 3.8) is 0 Å². The second kappa shape index (κ2) is 11.3. The van der Waals surface area contributed by atoms with Crippen LogP contribution in [0.2, 0.25) is 0 Å². The molecule has 3 nitrogen and oxygen atoms in total. The molecule has 8 heteroatoms. The van der Waals surface area contributed by atoms with Gasteiger partial charge in [0.25, 0.3) is 0 Å². The number of ketones is 1. The number of hydrogen-bond acceptors (Lipinski definition) is 4. The van der Waals surface area contributed by atoms with E-state index in [-0.39, 0.29) is 21.8 Å². The second-order valence-electron chi connectivity index (χ2n) is 4.70. The zero-order chi connectivity index (χ0) is 15.7. The molecule has 118 valence electrons. The Kier molecular flexibility index (Phi) is 11.6. The maximum absolute atomic E-state index is 12.0. The second-order valence-corrected chi connectivity index (χ2v) is 12.1. The van der Waals surface area contributed by atoms with Crippen LogP contribution in [0.25, 0.3) is 0 Å². The van der Waals surface area contributed by atoms with Crippen molar-refractivity contribution in [1.82, 2.24) is 3.71 Å². The van der Waals surface area contributed by atoms with Gasteiger partial charge in [-0.25, -0.2) is 0 Å². The van der Waals surface area contributed by atoms with Crippen LogP contribution >= 0.6 is 0 Å². The highest BCUT2D eigenvalue weighted by molar-refractivity contribution is 8.50. The van der Waals surface area contributed by atoms with Gasteiger partial charge in [-0.15, -0.1) is 0 Å². The minimum absolute atomic E-state index is 0.138. The minimum Gasteiger partial charge on any atom is -0.302 e. The summed E-state index contributed by atoms with van der Waals surface area (Å²) in [6, 6.07) is -0.436. The van der Waals surface area contributed by atoms with Gasteiger partial charge in [0.2, 0.25) is 0 Å². The first-order valence-corrected chi connectivity index (χ1v) is 12.8. The number of carbonyl (C=O) groups is 2. The van der Waals surface area contributed by atoms with E-state index >= 15 is 0 Å². The molecule has 4 unspecified atom stereocenters. The van der Waals surface area contributed by atoms with E-state index in [1.807, 2.05) is 16.2 Å². The lowest BCUT2D eigenvalue weighted by molar-refractivity contribution is -0.122. The molecule has 0 saturated carbocycles. The first-order chi connectivity index (χ1) is 9.37. The monoisotopic (exact) mass is 373 g/mol. The van der Waals surface area contributed by atoms with Gasteiger partial charge in [-0.1, -0.05) is 20.3 Å². The molecule has 0 bridgehead atoms. The van der Waals surface area contributed by atoms with Crippen molar-refractivity contribution in [1.29, 1.82) is 0 Å². The molecule has 0 N–H and O–H groups in total. The number of hydrogen-bond donors (Lipinski definition) is 0. The predicted molar refractivity (Wildman–Crippen MR) is 98.7 cm³/mol. The normalized spacial score (nSPS) is 17.2. The lowest BCUT2D eigenvalue weighted by Crippen LogP contribution is -2.39. The molecular formula is C12H23NO2S5. The highest BCUT2D eigenvalue weighted by Gasteiger charge is 2.23. The smallest absolute Gasteiger partial charge is 0.139 e. The van der Waals surface area contributed by atoms with Gasteiger partial charge in [0, 0.05) is 25.4 Å². The number of aldehydes is 1. The third-order valence-electron chi connectivity index (χ3n) is 3.08. The van der Waals surface area contributed by atoms with Crippen molar-refractivity contribution in [2.45, 2.75) is 45.6 Å². The summed E-state index contributed by atoms with van der Waals surface area (Å²) in [4.78, 5) is 23.4. The molecule has 0 saturated heterocycles. The Bertz CT molecular complexity index is 420. The Hall–Kier alpha value is 0.660. The topological polar surface area (TPSA) is 37.4 Å². The Morgan fingerprint density at radius 2 is 2.05 bits per heavy atom. The van der Waals surface area contributed by atoms with Gasteiger partial charge in [-0.2, -0.15) is 3.71 Å². The molecular weight excluding hydrogens is 350 g/mol. The Morgan fingerprint density at radius 1 is 1.45 bits per heavy atom. The summed E-state index contributed by atoms with van der Waals surface area (Å²) < 4.78 is 1.90. The van der Waals surface area contributed by atoms with E-state index in [9.17, 15) is 9.59 Å². The highest BCUT2D eigenvalue weighted by atomic mass is 33.1. The van der Waals surface area contributed by atoms with Crippen LogP contribution in [0, 0.1) is 5.92 Å². The molecule has 0 spiro atoms. The molecule has 0 aromatic carbocycles. The quantitative estimate of drug-likeness (QED) is 0.547. The van der Waals surface area contributed by atoms with Gasteiger partial charge in [0.05, 0.1) is 6.04 Å².